The van der Waals surface area contributed by atoms with E-state index < -0.39 is 11.7 Å². The Kier molecular flexibility index (Phi) is 7.21. The van der Waals surface area contributed by atoms with Crippen molar-refractivity contribution in [3.8, 4) is 0 Å². The summed E-state index contributed by atoms with van der Waals surface area (Å²) < 4.78 is 5.38. The Hall–Kier alpha value is -2.80. The van der Waals surface area contributed by atoms with Crippen molar-refractivity contribution >= 4 is 6.09 Å². The highest BCUT2D eigenvalue weighted by molar-refractivity contribution is 5.68. The van der Waals surface area contributed by atoms with Crippen molar-refractivity contribution in [2.75, 3.05) is 32.7 Å². The standard InChI is InChI=1S/C10H16N10O2/c11-17-14-6-10(7-15-18-12,8-16-19-13)22-9(21)20-4-2-1-3-5-20/h1-8H2. The van der Waals surface area contributed by atoms with Gasteiger partial charge in [-0.05, 0) is 35.9 Å². The second-order valence-electron chi connectivity index (χ2n) is 4.77. The highest BCUT2D eigenvalue weighted by Gasteiger charge is 2.35. The molecule has 0 N–H and O–H groups in total. The number of piperidine rings is 1. The molecule has 1 amide bonds. The largest absolute Gasteiger partial charge is 0.442 e. The number of ether oxygens (including phenoxy) is 1. The summed E-state index contributed by atoms with van der Waals surface area (Å²) in [5.41, 5.74) is 23.9. The summed E-state index contributed by atoms with van der Waals surface area (Å²) in [6.45, 7) is 0.266. The Labute approximate surface area is 125 Å². The molecule has 0 aromatic rings. The van der Waals surface area contributed by atoms with Gasteiger partial charge in [0.1, 0.15) is 5.60 Å². The van der Waals surface area contributed by atoms with E-state index in [-0.39, 0.29) is 19.6 Å². The zero-order valence-electron chi connectivity index (χ0n) is 11.9. The monoisotopic (exact) mass is 308 g/mol. The highest BCUT2D eigenvalue weighted by atomic mass is 16.6. The van der Waals surface area contributed by atoms with Crippen LogP contribution in [0.4, 0.5) is 4.79 Å². The molecule has 1 aliphatic heterocycles. The summed E-state index contributed by atoms with van der Waals surface area (Å²) in [7, 11) is 0. The fourth-order valence-electron chi connectivity index (χ4n) is 2.05. The van der Waals surface area contributed by atoms with Crippen LogP contribution < -0.4 is 0 Å². The molecule has 0 atom stereocenters. The SMILES string of the molecule is [N-]=[N+]=NCC(CN=[N+]=[N-])(CN=[N+]=[N-])OC(=O)N1CCCCC1. The molecule has 118 valence electrons. The fraction of sp³-hybridized carbons (Fsp3) is 0.900. The van der Waals surface area contributed by atoms with Crippen LogP contribution in [0.3, 0.4) is 0 Å². The third kappa shape index (κ3) is 5.29. The van der Waals surface area contributed by atoms with Crippen LogP contribution in [-0.4, -0.2) is 49.3 Å². The summed E-state index contributed by atoms with van der Waals surface area (Å²) in [5.74, 6) is 0. The quantitative estimate of drug-likeness (QED) is 0.398. The minimum Gasteiger partial charge on any atom is -0.442 e. The van der Waals surface area contributed by atoms with Crippen LogP contribution in [0.5, 0.6) is 0 Å². The topological polar surface area (TPSA) is 176 Å². The molecule has 0 spiro atoms. The van der Waals surface area contributed by atoms with Crippen LogP contribution in [0.15, 0.2) is 15.3 Å². The number of carbonyl (C=O) groups excluding carboxylic acids is 1. The van der Waals surface area contributed by atoms with Crippen molar-refractivity contribution in [1.29, 1.82) is 0 Å². The first-order chi connectivity index (χ1) is 10.7. The van der Waals surface area contributed by atoms with E-state index in [1.807, 2.05) is 0 Å². The van der Waals surface area contributed by atoms with Crippen molar-refractivity contribution in [3.63, 3.8) is 0 Å². The number of hydrogen-bond donors (Lipinski definition) is 0. The predicted octanol–water partition coefficient (Wildman–Crippen LogP) is 3.28. The fourth-order valence-corrected chi connectivity index (χ4v) is 2.05. The smallest absolute Gasteiger partial charge is 0.410 e. The van der Waals surface area contributed by atoms with E-state index in [9.17, 15) is 4.79 Å². The lowest BCUT2D eigenvalue weighted by Crippen LogP contribution is -2.48. The molecular formula is C10H16N10O2. The van der Waals surface area contributed by atoms with Gasteiger partial charge in [0, 0.05) is 27.8 Å². The summed E-state index contributed by atoms with van der Waals surface area (Å²) >= 11 is 0. The van der Waals surface area contributed by atoms with E-state index in [0.717, 1.165) is 19.3 Å². The van der Waals surface area contributed by atoms with Gasteiger partial charge in [-0.15, -0.1) is 0 Å². The zero-order valence-corrected chi connectivity index (χ0v) is 11.9. The number of likely N-dealkylation sites (tertiary alicyclic amines) is 1. The Morgan fingerprint density at radius 2 is 1.41 bits per heavy atom. The Balaban J connectivity index is 2.92. The first-order valence-electron chi connectivity index (χ1n) is 6.68. The maximum atomic E-state index is 12.2. The third-order valence-corrected chi connectivity index (χ3v) is 3.18. The van der Waals surface area contributed by atoms with Crippen LogP contribution in [0.25, 0.3) is 31.3 Å². The van der Waals surface area contributed by atoms with Gasteiger partial charge in [0.2, 0.25) is 0 Å². The van der Waals surface area contributed by atoms with E-state index in [1.165, 1.54) is 4.90 Å². The number of hydrogen-bond acceptors (Lipinski definition) is 5. The maximum absolute atomic E-state index is 12.2. The lowest BCUT2D eigenvalue weighted by atomic mass is 10.1. The molecule has 0 saturated carbocycles. The first kappa shape index (κ1) is 17.3. The van der Waals surface area contributed by atoms with Crippen LogP contribution >= 0.6 is 0 Å². The molecule has 1 fully saturated rings. The molecule has 0 bridgehead atoms. The van der Waals surface area contributed by atoms with Gasteiger partial charge < -0.3 is 9.64 Å². The minimum absolute atomic E-state index is 0.291. The highest BCUT2D eigenvalue weighted by Crippen LogP contribution is 2.19. The summed E-state index contributed by atoms with van der Waals surface area (Å²) in [5, 5.41) is 10.1. The van der Waals surface area contributed by atoms with Crippen molar-refractivity contribution < 1.29 is 9.53 Å². The molecular weight excluding hydrogens is 292 g/mol. The van der Waals surface area contributed by atoms with Gasteiger partial charge in [-0.1, -0.05) is 15.3 Å². The molecule has 1 rings (SSSR count). The minimum atomic E-state index is -1.47. The average Bonchev–Trinajstić information content (AvgIpc) is 2.56. The molecule has 12 nitrogen and oxygen atoms in total. The van der Waals surface area contributed by atoms with Crippen LogP contribution in [-0.2, 0) is 4.74 Å². The van der Waals surface area contributed by atoms with Crippen LogP contribution in [0.2, 0.25) is 0 Å². The van der Waals surface area contributed by atoms with E-state index >= 15 is 0 Å². The van der Waals surface area contributed by atoms with E-state index in [1.54, 1.807) is 0 Å². The van der Waals surface area contributed by atoms with Gasteiger partial charge >= 0.3 is 6.09 Å². The summed E-state index contributed by atoms with van der Waals surface area (Å²) in [6.07, 6.45) is 2.20. The molecule has 1 heterocycles. The Morgan fingerprint density at radius 3 is 1.82 bits per heavy atom. The van der Waals surface area contributed by atoms with Crippen LogP contribution in [0.1, 0.15) is 19.3 Å². The molecule has 0 unspecified atom stereocenters. The van der Waals surface area contributed by atoms with Crippen molar-refractivity contribution in [3.05, 3.63) is 31.3 Å². The number of amides is 1. The molecule has 0 aliphatic carbocycles. The van der Waals surface area contributed by atoms with Gasteiger partial charge in [-0.25, -0.2) is 4.79 Å². The average molecular weight is 308 g/mol. The normalized spacial score (nSPS) is 16.3. The molecule has 12 heteroatoms. The second kappa shape index (κ2) is 9.19. The van der Waals surface area contributed by atoms with Crippen LogP contribution in [0, 0.1) is 0 Å². The van der Waals surface area contributed by atoms with E-state index in [4.69, 9.17) is 21.3 Å². The number of carbonyl (C=O) groups is 1. The molecule has 1 aliphatic rings. The Bertz CT molecular complexity index is 474. The molecule has 0 radical (unpaired) electrons. The van der Waals surface area contributed by atoms with Crippen molar-refractivity contribution in [2.45, 2.75) is 24.9 Å². The molecule has 0 aromatic carbocycles. The molecule has 22 heavy (non-hydrogen) atoms. The Morgan fingerprint density at radius 1 is 0.955 bits per heavy atom. The molecule has 0 aromatic heterocycles. The van der Waals surface area contributed by atoms with Gasteiger partial charge in [0.25, 0.3) is 0 Å². The lowest BCUT2D eigenvalue weighted by Gasteiger charge is -2.33. The first-order valence-corrected chi connectivity index (χ1v) is 6.68. The maximum Gasteiger partial charge on any atom is 0.410 e. The van der Waals surface area contributed by atoms with Gasteiger partial charge in [0.05, 0.1) is 19.6 Å². The lowest BCUT2D eigenvalue weighted by molar-refractivity contribution is 0.00419. The van der Waals surface area contributed by atoms with Crippen molar-refractivity contribution in [1.82, 2.24) is 4.90 Å². The summed E-state index contributed by atoms with van der Waals surface area (Å²) in [4.78, 5) is 21.6. The number of nitrogens with zero attached hydrogens (tertiary/aromatic N) is 10. The summed E-state index contributed by atoms with van der Waals surface area (Å²) in [6, 6.07) is 0. The van der Waals surface area contributed by atoms with E-state index in [0.29, 0.717) is 13.1 Å². The molecule has 1 saturated heterocycles. The van der Waals surface area contributed by atoms with E-state index in [2.05, 4.69) is 30.1 Å². The zero-order chi connectivity index (χ0) is 16.3. The number of azide groups is 3. The van der Waals surface area contributed by atoms with Gasteiger partial charge in [-0.2, -0.15) is 0 Å². The predicted molar refractivity (Wildman–Crippen MR) is 76.7 cm³/mol. The third-order valence-electron chi connectivity index (χ3n) is 3.18. The van der Waals surface area contributed by atoms with Gasteiger partial charge in [-0.3, -0.25) is 0 Å². The number of rotatable bonds is 7. The van der Waals surface area contributed by atoms with Gasteiger partial charge in [0.15, 0.2) is 0 Å². The van der Waals surface area contributed by atoms with Crippen molar-refractivity contribution in [2.24, 2.45) is 15.3 Å². The second-order valence-corrected chi connectivity index (χ2v) is 4.77.